The van der Waals surface area contributed by atoms with Crippen molar-refractivity contribution >= 4 is 28.2 Å². The average Bonchev–Trinajstić information content (AvgIpc) is 3.28. The Kier molecular flexibility index (Phi) is 5.93. The van der Waals surface area contributed by atoms with E-state index >= 15 is 0 Å². The van der Waals surface area contributed by atoms with E-state index < -0.39 is 11.2 Å². The second-order valence-electron chi connectivity index (χ2n) is 8.17. The molecule has 4 aromatic rings. The van der Waals surface area contributed by atoms with Gasteiger partial charge in [-0.2, -0.15) is 0 Å². The van der Waals surface area contributed by atoms with Gasteiger partial charge in [-0.15, -0.1) is 0 Å². The van der Waals surface area contributed by atoms with E-state index in [-0.39, 0.29) is 11.9 Å². The molecule has 7 heteroatoms. The van der Waals surface area contributed by atoms with Gasteiger partial charge in [0.1, 0.15) is 17.5 Å². The fourth-order valence-electron chi connectivity index (χ4n) is 4.13. The number of nitrogens with zero attached hydrogens (tertiary/aromatic N) is 2. The minimum absolute atomic E-state index is 0.00600. The largest absolute Gasteiger partial charge is 0.612 e. The van der Waals surface area contributed by atoms with Crippen molar-refractivity contribution in [3.63, 3.8) is 0 Å². The Labute approximate surface area is 195 Å². The zero-order valence-corrected chi connectivity index (χ0v) is 19.3. The molecule has 33 heavy (non-hydrogen) atoms. The summed E-state index contributed by atoms with van der Waals surface area (Å²) in [6, 6.07) is 19.0. The molecule has 1 aliphatic heterocycles. The SMILES string of the molecule is C[C@@H]1COCCN1C(=O)c1cccc(-c2ccnc3cc(-c4ccc([S+](C)[O-])cc4)oc23)c1. The minimum Gasteiger partial charge on any atom is -0.612 e. The number of rotatable bonds is 4. The molecule has 0 N–H and O–H groups in total. The van der Waals surface area contributed by atoms with Crippen LogP contribution in [0.2, 0.25) is 0 Å². The predicted octanol–water partition coefficient (Wildman–Crippen LogP) is 4.76. The van der Waals surface area contributed by atoms with Gasteiger partial charge in [-0.1, -0.05) is 12.1 Å². The molecule has 0 aliphatic carbocycles. The molecule has 0 saturated carbocycles. The summed E-state index contributed by atoms with van der Waals surface area (Å²) < 4.78 is 23.4. The molecule has 168 valence electrons. The molecule has 2 atom stereocenters. The molecule has 1 saturated heterocycles. The molecule has 2 aromatic carbocycles. The van der Waals surface area contributed by atoms with Gasteiger partial charge < -0.3 is 18.6 Å². The standard InChI is InChI=1S/C26H24N2O4S/c1-17-16-31-13-12-28(17)26(29)20-5-3-4-19(14-20)22-10-11-27-23-15-24(32-25(22)23)18-6-8-21(9-7-18)33(2)30/h3-11,14-15,17H,12-13,16H2,1-2H3/t17-,33?/m1/s1. The van der Waals surface area contributed by atoms with Crippen molar-refractivity contribution in [1.82, 2.24) is 9.88 Å². The van der Waals surface area contributed by atoms with Crippen molar-refractivity contribution in [3.8, 4) is 22.5 Å². The topological polar surface area (TPSA) is 78.6 Å². The number of morpholine rings is 1. The molecule has 1 amide bonds. The van der Waals surface area contributed by atoms with Crippen LogP contribution in [0.5, 0.6) is 0 Å². The van der Waals surface area contributed by atoms with Gasteiger partial charge in [0, 0.05) is 35.5 Å². The third-order valence-corrected chi connectivity index (χ3v) is 6.87. The number of benzene rings is 2. The summed E-state index contributed by atoms with van der Waals surface area (Å²) in [6.07, 6.45) is 3.41. The van der Waals surface area contributed by atoms with Crippen molar-refractivity contribution in [3.05, 3.63) is 72.4 Å². The number of carbonyl (C=O) groups excluding carboxylic acids is 1. The average molecular weight is 461 g/mol. The van der Waals surface area contributed by atoms with Crippen molar-refractivity contribution in [1.29, 1.82) is 0 Å². The number of hydrogen-bond donors (Lipinski definition) is 0. The lowest BCUT2D eigenvalue weighted by Gasteiger charge is -2.33. The van der Waals surface area contributed by atoms with Crippen LogP contribution in [0.3, 0.4) is 0 Å². The van der Waals surface area contributed by atoms with Crippen molar-refractivity contribution in [2.75, 3.05) is 26.0 Å². The van der Waals surface area contributed by atoms with E-state index in [1.807, 2.05) is 72.5 Å². The van der Waals surface area contributed by atoms with Gasteiger partial charge in [0.2, 0.25) is 0 Å². The summed E-state index contributed by atoms with van der Waals surface area (Å²) in [4.78, 5) is 20.2. The highest BCUT2D eigenvalue weighted by molar-refractivity contribution is 7.90. The zero-order chi connectivity index (χ0) is 22.9. The van der Waals surface area contributed by atoms with E-state index in [0.717, 1.165) is 27.1 Å². The van der Waals surface area contributed by atoms with Gasteiger partial charge in [-0.3, -0.25) is 9.78 Å². The van der Waals surface area contributed by atoms with Gasteiger partial charge in [0.15, 0.2) is 10.5 Å². The van der Waals surface area contributed by atoms with Crippen molar-refractivity contribution in [2.24, 2.45) is 0 Å². The molecule has 1 aliphatic rings. The number of ether oxygens (including phenoxy) is 1. The molecule has 2 aromatic heterocycles. The molecule has 1 unspecified atom stereocenters. The Morgan fingerprint density at radius 3 is 2.70 bits per heavy atom. The highest BCUT2D eigenvalue weighted by Crippen LogP contribution is 2.34. The maximum absolute atomic E-state index is 13.1. The van der Waals surface area contributed by atoms with Gasteiger partial charge >= 0.3 is 0 Å². The van der Waals surface area contributed by atoms with E-state index in [9.17, 15) is 9.35 Å². The molecular formula is C26H24N2O4S. The first-order valence-electron chi connectivity index (χ1n) is 10.8. The first-order valence-corrected chi connectivity index (χ1v) is 12.4. The van der Waals surface area contributed by atoms with Crippen LogP contribution in [0.1, 0.15) is 17.3 Å². The van der Waals surface area contributed by atoms with Gasteiger partial charge in [0.25, 0.3) is 5.91 Å². The van der Waals surface area contributed by atoms with E-state index in [1.165, 1.54) is 0 Å². The fraction of sp³-hybridized carbons (Fsp3) is 0.231. The second-order valence-corrected chi connectivity index (χ2v) is 9.54. The lowest BCUT2D eigenvalue weighted by molar-refractivity contribution is 0.00360. The number of pyridine rings is 1. The van der Waals surface area contributed by atoms with Gasteiger partial charge in [-0.05, 0) is 66.1 Å². The van der Waals surface area contributed by atoms with Crippen molar-refractivity contribution < 1.29 is 18.5 Å². The Hall–Kier alpha value is -3.13. The summed E-state index contributed by atoms with van der Waals surface area (Å²) in [5.74, 6) is 0.694. The van der Waals surface area contributed by atoms with Gasteiger partial charge in [0.05, 0.1) is 19.3 Å². The highest BCUT2D eigenvalue weighted by Gasteiger charge is 2.25. The number of furan rings is 1. The Morgan fingerprint density at radius 1 is 1.12 bits per heavy atom. The van der Waals surface area contributed by atoms with Crippen LogP contribution in [0.25, 0.3) is 33.6 Å². The number of aromatic nitrogens is 1. The van der Waals surface area contributed by atoms with Crippen LogP contribution in [0.4, 0.5) is 0 Å². The third-order valence-electron chi connectivity index (χ3n) is 5.93. The summed E-state index contributed by atoms with van der Waals surface area (Å²) >= 11 is -1.03. The first-order chi connectivity index (χ1) is 16.0. The molecule has 0 radical (unpaired) electrons. The normalized spacial score (nSPS) is 17.3. The van der Waals surface area contributed by atoms with Crippen LogP contribution in [-0.4, -0.2) is 52.4 Å². The minimum atomic E-state index is -1.03. The summed E-state index contributed by atoms with van der Waals surface area (Å²) in [5.41, 5.74) is 4.71. The Morgan fingerprint density at radius 2 is 1.94 bits per heavy atom. The Balaban J connectivity index is 1.50. The molecule has 6 nitrogen and oxygen atoms in total. The zero-order valence-electron chi connectivity index (χ0n) is 18.5. The quantitative estimate of drug-likeness (QED) is 0.410. The predicted molar refractivity (Wildman–Crippen MR) is 129 cm³/mol. The first kappa shape index (κ1) is 21.7. The molecule has 0 spiro atoms. The lowest BCUT2D eigenvalue weighted by atomic mass is 10.0. The third kappa shape index (κ3) is 4.27. The second kappa shape index (κ2) is 9.02. The van der Waals surface area contributed by atoms with E-state index in [1.54, 1.807) is 12.5 Å². The van der Waals surface area contributed by atoms with Crippen molar-refractivity contribution in [2.45, 2.75) is 17.9 Å². The monoisotopic (exact) mass is 460 g/mol. The van der Waals surface area contributed by atoms with E-state index in [0.29, 0.717) is 36.7 Å². The smallest absolute Gasteiger partial charge is 0.254 e. The summed E-state index contributed by atoms with van der Waals surface area (Å²) in [5, 5.41) is 0. The maximum atomic E-state index is 13.1. The van der Waals surface area contributed by atoms with Crippen LogP contribution in [0.15, 0.2) is 76.2 Å². The van der Waals surface area contributed by atoms with Crippen LogP contribution < -0.4 is 0 Å². The lowest BCUT2D eigenvalue weighted by Crippen LogP contribution is -2.47. The molecule has 3 heterocycles. The highest BCUT2D eigenvalue weighted by atomic mass is 32.2. The number of amides is 1. The van der Waals surface area contributed by atoms with Crippen LogP contribution in [-0.2, 0) is 15.9 Å². The molecule has 0 bridgehead atoms. The number of hydrogen-bond acceptors (Lipinski definition) is 5. The van der Waals surface area contributed by atoms with Crippen LogP contribution in [0, 0.1) is 0 Å². The molecule has 1 fully saturated rings. The van der Waals surface area contributed by atoms with Crippen LogP contribution >= 0.6 is 0 Å². The summed E-state index contributed by atoms with van der Waals surface area (Å²) in [6.45, 7) is 3.71. The van der Waals surface area contributed by atoms with E-state index in [4.69, 9.17) is 9.15 Å². The van der Waals surface area contributed by atoms with Gasteiger partial charge in [-0.25, -0.2) is 0 Å². The molecule has 5 rings (SSSR count). The fourth-order valence-corrected chi connectivity index (χ4v) is 4.65. The van der Waals surface area contributed by atoms with E-state index in [2.05, 4.69) is 4.98 Å². The maximum Gasteiger partial charge on any atom is 0.254 e. The summed E-state index contributed by atoms with van der Waals surface area (Å²) in [7, 11) is 0. The molecular weight excluding hydrogens is 436 g/mol. The Bertz CT molecular complexity index is 1300. The number of carbonyl (C=O) groups is 1. The number of fused-ring (bicyclic) bond motifs is 1.